The van der Waals surface area contributed by atoms with Gasteiger partial charge in [0.2, 0.25) is 0 Å². The molecular formula is C15H22BNO2. The van der Waals surface area contributed by atoms with E-state index in [1.807, 2.05) is 0 Å². The highest BCUT2D eigenvalue weighted by atomic mass is 16.7. The standard InChI is InChI=1S/C15H22BNO2/c1-10-8-12(9-11-6-7-17-13(10)11)16-18-14(2,3)15(4,5)19-16/h8-9,17H,6-7H2,1-5H3. The van der Waals surface area contributed by atoms with Gasteiger partial charge in [0.1, 0.15) is 0 Å². The smallest absolute Gasteiger partial charge is 0.399 e. The molecule has 0 aliphatic carbocycles. The molecule has 2 aliphatic rings. The van der Waals surface area contributed by atoms with E-state index in [0.29, 0.717) is 0 Å². The molecule has 3 rings (SSSR count). The van der Waals surface area contributed by atoms with Crippen LogP contribution in [-0.4, -0.2) is 24.9 Å². The molecule has 1 fully saturated rings. The van der Waals surface area contributed by atoms with E-state index >= 15 is 0 Å². The number of benzene rings is 1. The van der Waals surface area contributed by atoms with Gasteiger partial charge >= 0.3 is 7.12 Å². The monoisotopic (exact) mass is 259 g/mol. The van der Waals surface area contributed by atoms with Gasteiger partial charge in [-0.2, -0.15) is 0 Å². The summed E-state index contributed by atoms with van der Waals surface area (Å²) in [5.74, 6) is 0. The maximum Gasteiger partial charge on any atom is 0.494 e. The highest BCUT2D eigenvalue weighted by Gasteiger charge is 2.51. The molecule has 1 N–H and O–H groups in total. The van der Waals surface area contributed by atoms with Gasteiger partial charge in [-0.1, -0.05) is 12.1 Å². The van der Waals surface area contributed by atoms with Crippen molar-refractivity contribution < 1.29 is 9.31 Å². The average molecular weight is 259 g/mol. The van der Waals surface area contributed by atoms with Crippen molar-refractivity contribution in [1.82, 2.24) is 0 Å². The SMILES string of the molecule is Cc1cc(B2OC(C)(C)C(C)(C)O2)cc2c1NCC2. The molecule has 0 atom stereocenters. The van der Waals surface area contributed by atoms with Crippen molar-refractivity contribution in [1.29, 1.82) is 0 Å². The van der Waals surface area contributed by atoms with Gasteiger partial charge < -0.3 is 14.6 Å². The normalized spacial score (nSPS) is 23.3. The number of anilines is 1. The zero-order chi connectivity index (χ0) is 13.8. The van der Waals surface area contributed by atoms with Crippen LogP contribution < -0.4 is 10.8 Å². The second-order valence-corrected chi connectivity index (χ2v) is 6.64. The van der Waals surface area contributed by atoms with Crippen LogP contribution in [-0.2, 0) is 15.7 Å². The third-order valence-corrected chi connectivity index (χ3v) is 4.66. The van der Waals surface area contributed by atoms with Crippen LogP contribution in [0.4, 0.5) is 5.69 Å². The molecule has 0 bridgehead atoms. The Hall–Kier alpha value is -0.995. The van der Waals surface area contributed by atoms with Crippen LogP contribution in [0.15, 0.2) is 12.1 Å². The fourth-order valence-corrected chi connectivity index (χ4v) is 2.78. The van der Waals surface area contributed by atoms with Gasteiger partial charge in [0, 0.05) is 12.2 Å². The Morgan fingerprint density at radius 3 is 2.37 bits per heavy atom. The Balaban J connectivity index is 1.95. The third-order valence-electron chi connectivity index (χ3n) is 4.66. The van der Waals surface area contributed by atoms with E-state index in [1.165, 1.54) is 16.8 Å². The lowest BCUT2D eigenvalue weighted by atomic mass is 9.77. The molecule has 2 heterocycles. The van der Waals surface area contributed by atoms with Crippen molar-refractivity contribution in [3.05, 3.63) is 23.3 Å². The topological polar surface area (TPSA) is 30.5 Å². The van der Waals surface area contributed by atoms with Crippen molar-refractivity contribution in [3.8, 4) is 0 Å². The zero-order valence-electron chi connectivity index (χ0n) is 12.5. The summed E-state index contributed by atoms with van der Waals surface area (Å²) < 4.78 is 12.2. The molecule has 0 amide bonds. The fraction of sp³-hybridized carbons (Fsp3) is 0.600. The van der Waals surface area contributed by atoms with Gasteiger partial charge in [0.15, 0.2) is 0 Å². The summed E-state index contributed by atoms with van der Waals surface area (Å²) in [5.41, 5.74) is 4.54. The lowest BCUT2D eigenvalue weighted by Crippen LogP contribution is -2.41. The summed E-state index contributed by atoms with van der Waals surface area (Å²) in [6.45, 7) is 11.5. The molecule has 0 radical (unpaired) electrons. The van der Waals surface area contributed by atoms with Gasteiger partial charge in [-0.05, 0) is 57.6 Å². The number of rotatable bonds is 1. The molecule has 0 unspecified atom stereocenters. The van der Waals surface area contributed by atoms with Crippen molar-refractivity contribution in [2.24, 2.45) is 0 Å². The number of hydrogen-bond donors (Lipinski definition) is 1. The van der Waals surface area contributed by atoms with E-state index in [-0.39, 0.29) is 18.3 Å². The zero-order valence-corrected chi connectivity index (χ0v) is 12.5. The predicted octanol–water partition coefficient (Wildman–Crippen LogP) is 2.26. The van der Waals surface area contributed by atoms with Crippen molar-refractivity contribution in [2.45, 2.75) is 52.2 Å². The largest absolute Gasteiger partial charge is 0.494 e. The molecule has 0 saturated carbocycles. The number of hydrogen-bond acceptors (Lipinski definition) is 3. The summed E-state index contributed by atoms with van der Waals surface area (Å²) in [5, 5.41) is 3.44. The Morgan fingerprint density at radius 1 is 1.11 bits per heavy atom. The first kappa shape index (κ1) is 13.0. The molecule has 1 aromatic rings. The molecule has 1 aromatic carbocycles. The first-order valence-corrected chi connectivity index (χ1v) is 7.03. The maximum atomic E-state index is 6.12. The van der Waals surface area contributed by atoms with E-state index in [0.717, 1.165) is 18.4 Å². The van der Waals surface area contributed by atoms with Crippen molar-refractivity contribution in [2.75, 3.05) is 11.9 Å². The summed E-state index contributed by atoms with van der Waals surface area (Å²) in [7, 11) is -0.255. The van der Waals surface area contributed by atoms with Crippen LogP contribution >= 0.6 is 0 Å². The summed E-state index contributed by atoms with van der Waals surface area (Å²) >= 11 is 0. The second kappa shape index (κ2) is 4.00. The minimum Gasteiger partial charge on any atom is -0.399 e. The van der Waals surface area contributed by atoms with E-state index in [9.17, 15) is 0 Å². The summed E-state index contributed by atoms with van der Waals surface area (Å²) in [6, 6.07) is 4.41. The highest BCUT2D eigenvalue weighted by molar-refractivity contribution is 6.62. The lowest BCUT2D eigenvalue weighted by Gasteiger charge is -2.32. The third kappa shape index (κ3) is 1.98. The van der Waals surface area contributed by atoms with Crippen LogP contribution in [0.2, 0.25) is 0 Å². The second-order valence-electron chi connectivity index (χ2n) is 6.64. The van der Waals surface area contributed by atoms with E-state index < -0.39 is 0 Å². The van der Waals surface area contributed by atoms with Crippen LogP contribution in [0.3, 0.4) is 0 Å². The summed E-state index contributed by atoms with van der Waals surface area (Å²) in [6.07, 6.45) is 1.09. The molecular weight excluding hydrogens is 237 g/mol. The van der Waals surface area contributed by atoms with Crippen LogP contribution in [0.25, 0.3) is 0 Å². The highest BCUT2D eigenvalue weighted by Crippen LogP contribution is 2.37. The Bertz CT molecular complexity index is 509. The minimum atomic E-state index is -0.275. The fourth-order valence-electron chi connectivity index (χ4n) is 2.78. The first-order valence-electron chi connectivity index (χ1n) is 7.03. The minimum absolute atomic E-state index is 0.255. The van der Waals surface area contributed by atoms with Crippen molar-refractivity contribution in [3.63, 3.8) is 0 Å². The van der Waals surface area contributed by atoms with Gasteiger partial charge in [-0.3, -0.25) is 0 Å². The molecule has 19 heavy (non-hydrogen) atoms. The van der Waals surface area contributed by atoms with E-state index in [2.05, 4.69) is 52.1 Å². The first-order chi connectivity index (χ1) is 8.80. The van der Waals surface area contributed by atoms with E-state index in [4.69, 9.17) is 9.31 Å². The number of aryl methyl sites for hydroxylation is 1. The Kier molecular flexibility index (Phi) is 2.74. The van der Waals surface area contributed by atoms with E-state index in [1.54, 1.807) is 0 Å². The molecule has 2 aliphatic heterocycles. The molecule has 1 saturated heterocycles. The molecule has 3 nitrogen and oxygen atoms in total. The molecule has 0 aromatic heterocycles. The molecule has 102 valence electrons. The average Bonchev–Trinajstić information content (AvgIpc) is 2.82. The molecule has 4 heteroatoms. The van der Waals surface area contributed by atoms with Gasteiger partial charge in [0.05, 0.1) is 11.2 Å². The van der Waals surface area contributed by atoms with Gasteiger partial charge in [-0.15, -0.1) is 0 Å². The van der Waals surface area contributed by atoms with Gasteiger partial charge in [-0.25, -0.2) is 0 Å². The van der Waals surface area contributed by atoms with Crippen LogP contribution in [0.1, 0.15) is 38.8 Å². The maximum absolute atomic E-state index is 6.12. The van der Waals surface area contributed by atoms with Crippen molar-refractivity contribution >= 4 is 18.3 Å². The van der Waals surface area contributed by atoms with Gasteiger partial charge in [0.25, 0.3) is 0 Å². The Morgan fingerprint density at radius 2 is 1.74 bits per heavy atom. The number of fused-ring (bicyclic) bond motifs is 1. The van der Waals surface area contributed by atoms with Crippen LogP contribution in [0, 0.1) is 6.92 Å². The van der Waals surface area contributed by atoms with Crippen LogP contribution in [0.5, 0.6) is 0 Å². The lowest BCUT2D eigenvalue weighted by molar-refractivity contribution is 0.00578. The number of nitrogens with one attached hydrogen (secondary N) is 1. The molecule has 0 spiro atoms. The predicted molar refractivity (Wildman–Crippen MR) is 79.1 cm³/mol. The Labute approximate surface area is 115 Å². The quantitative estimate of drug-likeness (QED) is 0.785. The summed E-state index contributed by atoms with van der Waals surface area (Å²) in [4.78, 5) is 0.